The first-order valence-corrected chi connectivity index (χ1v) is 10.1. The SMILES string of the molecule is OCCN(CCO)c1nc(-c2ccccc2)nc2scc(-c3ccccc3)c12. The van der Waals surface area contributed by atoms with Gasteiger partial charge in [-0.25, -0.2) is 9.97 Å². The third-order valence-corrected chi connectivity index (χ3v) is 5.44. The second-order valence-electron chi connectivity index (χ2n) is 6.37. The molecule has 0 bridgehead atoms. The van der Waals surface area contributed by atoms with Crippen molar-refractivity contribution < 1.29 is 10.2 Å². The molecule has 5 nitrogen and oxygen atoms in total. The first kappa shape index (κ1) is 18.6. The number of aromatic nitrogens is 2. The highest BCUT2D eigenvalue weighted by molar-refractivity contribution is 7.17. The molecule has 4 aromatic rings. The zero-order chi connectivity index (χ0) is 19.3. The van der Waals surface area contributed by atoms with Crippen molar-refractivity contribution in [2.24, 2.45) is 0 Å². The van der Waals surface area contributed by atoms with E-state index in [2.05, 4.69) is 17.5 Å². The Morgan fingerprint density at radius 1 is 0.786 bits per heavy atom. The molecule has 0 saturated carbocycles. The van der Waals surface area contributed by atoms with E-state index in [9.17, 15) is 10.2 Å². The van der Waals surface area contributed by atoms with Crippen LogP contribution in [0.2, 0.25) is 0 Å². The van der Waals surface area contributed by atoms with Gasteiger partial charge in [0.1, 0.15) is 10.6 Å². The van der Waals surface area contributed by atoms with Gasteiger partial charge in [0.25, 0.3) is 0 Å². The first-order valence-electron chi connectivity index (χ1n) is 9.18. The third kappa shape index (κ3) is 3.62. The second kappa shape index (κ2) is 8.48. The molecule has 0 spiro atoms. The van der Waals surface area contributed by atoms with E-state index in [0.717, 1.165) is 32.7 Å². The number of thiophene rings is 1. The number of hydrogen-bond acceptors (Lipinski definition) is 6. The molecular formula is C22H21N3O2S. The summed E-state index contributed by atoms with van der Waals surface area (Å²) < 4.78 is 0. The van der Waals surface area contributed by atoms with Crippen molar-refractivity contribution in [2.45, 2.75) is 0 Å². The maximum Gasteiger partial charge on any atom is 0.163 e. The molecule has 2 heterocycles. The van der Waals surface area contributed by atoms with E-state index in [4.69, 9.17) is 9.97 Å². The van der Waals surface area contributed by atoms with Crippen molar-refractivity contribution in [3.63, 3.8) is 0 Å². The van der Waals surface area contributed by atoms with Gasteiger partial charge >= 0.3 is 0 Å². The summed E-state index contributed by atoms with van der Waals surface area (Å²) >= 11 is 1.58. The van der Waals surface area contributed by atoms with Crippen molar-refractivity contribution in [3.05, 3.63) is 66.0 Å². The molecular weight excluding hydrogens is 370 g/mol. The lowest BCUT2D eigenvalue weighted by Crippen LogP contribution is -2.30. The highest BCUT2D eigenvalue weighted by Gasteiger charge is 2.20. The van der Waals surface area contributed by atoms with Crippen LogP contribution in [0.1, 0.15) is 0 Å². The molecule has 0 saturated heterocycles. The van der Waals surface area contributed by atoms with Crippen molar-refractivity contribution in [1.82, 2.24) is 9.97 Å². The summed E-state index contributed by atoms with van der Waals surface area (Å²) in [5, 5.41) is 22.2. The van der Waals surface area contributed by atoms with Gasteiger partial charge in [-0.15, -0.1) is 11.3 Å². The second-order valence-corrected chi connectivity index (χ2v) is 7.22. The summed E-state index contributed by atoms with van der Waals surface area (Å²) in [5.41, 5.74) is 3.10. The van der Waals surface area contributed by atoms with Gasteiger partial charge in [0, 0.05) is 29.6 Å². The smallest absolute Gasteiger partial charge is 0.163 e. The standard InChI is InChI=1S/C22H21N3O2S/c26-13-11-25(12-14-27)21-19-18(16-7-3-1-4-8-16)15-28-22(19)24-20(23-21)17-9-5-2-6-10-17/h1-10,15,26-27H,11-14H2. The van der Waals surface area contributed by atoms with Crippen molar-refractivity contribution in [1.29, 1.82) is 0 Å². The van der Waals surface area contributed by atoms with Gasteiger partial charge in [-0.2, -0.15) is 0 Å². The number of nitrogens with zero attached hydrogens (tertiary/aromatic N) is 3. The van der Waals surface area contributed by atoms with E-state index in [0.29, 0.717) is 18.9 Å². The lowest BCUT2D eigenvalue weighted by molar-refractivity contribution is 0.281. The van der Waals surface area contributed by atoms with E-state index in [1.54, 1.807) is 11.3 Å². The summed E-state index contributed by atoms with van der Waals surface area (Å²) in [6.07, 6.45) is 0. The molecule has 0 atom stereocenters. The van der Waals surface area contributed by atoms with Crippen LogP contribution in [-0.4, -0.2) is 46.5 Å². The van der Waals surface area contributed by atoms with Crippen LogP contribution in [0.15, 0.2) is 66.0 Å². The number of hydrogen-bond donors (Lipinski definition) is 2. The van der Waals surface area contributed by atoms with Crippen LogP contribution in [-0.2, 0) is 0 Å². The normalized spacial score (nSPS) is 11.1. The van der Waals surface area contributed by atoms with Crippen LogP contribution in [0.3, 0.4) is 0 Å². The minimum Gasteiger partial charge on any atom is -0.395 e. The maximum absolute atomic E-state index is 9.56. The highest BCUT2D eigenvalue weighted by atomic mass is 32.1. The molecule has 0 aliphatic rings. The van der Waals surface area contributed by atoms with Crippen molar-refractivity contribution in [2.75, 3.05) is 31.2 Å². The van der Waals surface area contributed by atoms with E-state index >= 15 is 0 Å². The number of rotatable bonds is 7. The van der Waals surface area contributed by atoms with Gasteiger partial charge in [-0.1, -0.05) is 60.7 Å². The van der Waals surface area contributed by atoms with E-state index < -0.39 is 0 Å². The molecule has 0 aliphatic heterocycles. The minimum atomic E-state index is -0.0169. The van der Waals surface area contributed by atoms with Gasteiger partial charge in [-0.05, 0) is 5.56 Å². The van der Waals surface area contributed by atoms with Gasteiger partial charge in [0.05, 0.1) is 18.6 Å². The Morgan fingerprint density at radius 3 is 2.00 bits per heavy atom. The van der Waals surface area contributed by atoms with Gasteiger partial charge in [-0.3, -0.25) is 0 Å². The highest BCUT2D eigenvalue weighted by Crippen LogP contribution is 2.39. The van der Waals surface area contributed by atoms with Crippen LogP contribution in [0, 0.1) is 0 Å². The molecule has 4 rings (SSSR count). The number of aliphatic hydroxyl groups excluding tert-OH is 2. The van der Waals surface area contributed by atoms with Crippen LogP contribution >= 0.6 is 11.3 Å². The third-order valence-electron chi connectivity index (χ3n) is 4.57. The molecule has 0 unspecified atom stereocenters. The fourth-order valence-electron chi connectivity index (χ4n) is 3.26. The monoisotopic (exact) mass is 391 g/mol. The van der Waals surface area contributed by atoms with Crippen molar-refractivity contribution in [3.8, 4) is 22.5 Å². The first-order chi connectivity index (χ1) is 13.8. The van der Waals surface area contributed by atoms with Crippen LogP contribution < -0.4 is 4.90 Å². The Morgan fingerprint density at radius 2 is 1.39 bits per heavy atom. The Balaban J connectivity index is 1.96. The number of fused-ring (bicyclic) bond motifs is 1. The maximum atomic E-state index is 9.56. The molecule has 142 valence electrons. The molecule has 2 aromatic carbocycles. The summed E-state index contributed by atoms with van der Waals surface area (Å²) in [5.74, 6) is 1.39. The summed E-state index contributed by atoms with van der Waals surface area (Å²) in [7, 11) is 0. The molecule has 2 N–H and O–H groups in total. The van der Waals surface area contributed by atoms with Gasteiger partial charge in [0.2, 0.25) is 0 Å². The number of anilines is 1. The Kier molecular flexibility index (Phi) is 5.62. The van der Waals surface area contributed by atoms with E-state index in [1.165, 1.54) is 0 Å². The molecule has 2 aromatic heterocycles. The topological polar surface area (TPSA) is 69.5 Å². The largest absolute Gasteiger partial charge is 0.395 e. The molecule has 28 heavy (non-hydrogen) atoms. The molecule has 6 heteroatoms. The van der Waals surface area contributed by atoms with E-state index in [-0.39, 0.29) is 13.2 Å². The summed E-state index contributed by atoms with van der Waals surface area (Å²) in [4.78, 5) is 12.5. The summed E-state index contributed by atoms with van der Waals surface area (Å²) in [6.45, 7) is 0.754. The van der Waals surface area contributed by atoms with Crippen LogP contribution in [0.5, 0.6) is 0 Å². The quantitative estimate of drug-likeness (QED) is 0.501. The Hall–Kier alpha value is -2.80. The lowest BCUT2D eigenvalue weighted by Gasteiger charge is -2.23. The predicted octanol–water partition coefficient (Wildman–Crippen LogP) is 3.82. The average molecular weight is 391 g/mol. The molecule has 0 aliphatic carbocycles. The van der Waals surface area contributed by atoms with Gasteiger partial charge < -0.3 is 15.1 Å². The predicted molar refractivity (Wildman–Crippen MR) is 115 cm³/mol. The Labute approximate surface area is 167 Å². The molecule has 0 amide bonds. The molecule has 0 radical (unpaired) electrons. The minimum absolute atomic E-state index is 0.0169. The van der Waals surface area contributed by atoms with Gasteiger partial charge in [0.15, 0.2) is 5.82 Å². The fraction of sp³-hybridized carbons (Fsp3) is 0.182. The van der Waals surface area contributed by atoms with Crippen LogP contribution in [0.25, 0.3) is 32.7 Å². The van der Waals surface area contributed by atoms with Crippen LogP contribution in [0.4, 0.5) is 5.82 Å². The zero-order valence-electron chi connectivity index (χ0n) is 15.3. The average Bonchev–Trinajstić information content (AvgIpc) is 3.18. The zero-order valence-corrected chi connectivity index (χ0v) is 16.1. The summed E-state index contributed by atoms with van der Waals surface area (Å²) in [6, 6.07) is 20.0. The van der Waals surface area contributed by atoms with E-state index in [1.807, 2.05) is 53.4 Å². The lowest BCUT2D eigenvalue weighted by atomic mass is 10.1. The van der Waals surface area contributed by atoms with Crippen molar-refractivity contribution >= 4 is 27.4 Å². The fourth-order valence-corrected chi connectivity index (χ4v) is 4.21. The molecule has 0 fully saturated rings. The number of benzene rings is 2. The Bertz CT molecular complexity index is 1050. The number of aliphatic hydroxyl groups is 2.